The number of pyridine rings is 1. The van der Waals surface area contributed by atoms with E-state index in [2.05, 4.69) is 15.3 Å². The lowest BCUT2D eigenvalue weighted by molar-refractivity contribution is -0.113. The summed E-state index contributed by atoms with van der Waals surface area (Å²) in [5.41, 5.74) is 2.69. The predicted octanol–water partition coefficient (Wildman–Crippen LogP) is 5.05. The molecule has 1 aromatic heterocycles. The highest BCUT2D eigenvalue weighted by molar-refractivity contribution is 8.18. The minimum atomic E-state index is -0.257. The van der Waals surface area contributed by atoms with Gasteiger partial charge in [-0.3, -0.25) is 9.78 Å². The Hall–Kier alpha value is -2.83. The highest BCUT2D eigenvalue weighted by atomic mass is 35.5. The zero-order chi connectivity index (χ0) is 20.2. The van der Waals surface area contributed by atoms with Gasteiger partial charge in [0.25, 0.3) is 5.91 Å². The Kier molecular flexibility index (Phi) is 5.83. The van der Waals surface area contributed by atoms with Gasteiger partial charge in [0.2, 0.25) is 0 Å². The molecule has 29 heavy (non-hydrogen) atoms. The van der Waals surface area contributed by atoms with Gasteiger partial charge in [-0.2, -0.15) is 4.99 Å². The van der Waals surface area contributed by atoms with Crippen molar-refractivity contribution in [3.63, 3.8) is 0 Å². The summed E-state index contributed by atoms with van der Waals surface area (Å²) in [4.78, 5) is 21.4. The third-order valence-electron chi connectivity index (χ3n) is 4.33. The fourth-order valence-electron chi connectivity index (χ4n) is 2.96. The second kappa shape index (κ2) is 8.68. The van der Waals surface area contributed by atoms with Gasteiger partial charge < -0.3 is 10.1 Å². The SMILES string of the molecule is CCOc1ccnc2ccc(/C=C3\SC(NCc4ccccc4Cl)=NC3=O)cc12. The van der Waals surface area contributed by atoms with Crippen molar-refractivity contribution in [1.82, 2.24) is 10.3 Å². The van der Waals surface area contributed by atoms with Crippen LogP contribution in [-0.4, -0.2) is 22.7 Å². The number of rotatable bonds is 5. The first-order valence-electron chi connectivity index (χ1n) is 9.15. The summed E-state index contributed by atoms with van der Waals surface area (Å²) in [6.07, 6.45) is 3.56. The molecule has 0 radical (unpaired) electrons. The van der Waals surface area contributed by atoms with Gasteiger partial charge in [0, 0.05) is 23.2 Å². The lowest BCUT2D eigenvalue weighted by atomic mass is 10.1. The van der Waals surface area contributed by atoms with E-state index >= 15 is 0 Å². The molecule has 2 heterocycles. The third kappa shape index (κ3) is 4.44. The Morgan fingerprint density at radius 2 is 2.07 bits per heavy atom. The molecule has 0 aliphatic carbocycles. The summed E-state index contributed by atoms with van der Waals surface area (Å²) in [5.74, 6) is 0.523. The maximum absolute atomic E-state index is 12.3. The number of fused-ring (bicyclic) bond motifs is 1. The number of amides is 1. The van der Waals surface area contributed by atoms with E-state index in [0.717, 1.165) is 27.8 Å². The number of amidine groups is 1. The van der Waals surface area contributed by atoms with Gasteiger partial charge in [-0.15, -0.1) is 0 Å². The van der Waals surface area contributed by atoms with Crippen molar-refractivity contribution in [2.75, 3.05) is 6.61 Å². The Morgan fingerprint density at radius 1 is 1.21 bits per heavy atom. The fraction of sp³-hybridized carbons (Fsp3) is 0.136. The number of ether oxygens (including phenoxy) is 1. The highest BCUT2D eigenvalue weighted by Crippen LogP contribution is 2.30. The van der Waals surface area contributed by atoms with Crippen LogP contribution in [0, 0.1) is 0 Å². The van der Waals surface area contributed by atoms with E-state index in [9.17, 15) is 4.79 Å². The number of aromatic nitrogens is 1. The molecule has 0 fully saturated rings. The van der Waals surface area contributed by atoms with Crippen LogP contribution in [0.1, 0.15) is 18.1 Å². The molecule has 1 aliphatic heterocycles. The van der Waals surface area contributed by atoms with Crippen molar-refractivity contribution in [3.05, 3.63) is 75.8 Å². The van der Waals surface area contributed by atoms with Crippen LogP contribution in [0.5, 0.6) is 5.75 Å². The number of aliphatic imine (C=N–C) groups is 1. The molecule has 0 unspecified atom stereocenters. The average molecular weight is 424 g/mol. The second-order valence-corrected chi connectivity index (χ2v) is 7.73. The first kappa shape index (κ1) is 19.5. The van der Waals surface area contributed by atoms with Gasteiger partial charge in [0.1, 0.15) is 5.75 Å². The smallest absolute Gasteiger partial charge is 0.286 e. The van der Waals surface area contributed by atoms with E-state index in [-0.39, 0.29) is 5.91 Å². The number of carbonyl (C=O) groups is 1. The van der Waals surface area contributed by atoms with Gasteiger partial charge >= 0.3 is 0 Å². The molecule has 7 heteroatoms. The average Bonchev–Trinajstić information content (AvgIpc) is 3.07. The second-order valence-electron chi connectivity index (χ2n) is 6.30. The normalized spacial score (nSPS) is 15.0. The predicted molar refractivity (Wildman–Crippen MR) is 119 cm³/mol. The topological polar surface area (TPSA) is 63.6 Å². The summed E-state index contributed by atoms with van der Waals surface area (Å²) in [7, 11) is 0. The van der Waals surface area contributed by atoms with Crippen molar-refractivity contribution in [1.29, 1.82) is 0 Å². The molecule has 4 rings (SSSR count). The van der Waals surface area contributed by atoms with Gasteiger partial charge in [-0.25, -0.2) is 0 Å². The number of hydrogen-bond acceptors (Lipinski definition) is 5. The van der Waals surface area contributed by atoms with Gasteiger partial charge in [0.05, 0.1) is 17.0 Å². The summed E-state index contributed by atoms with van der Waals surface area (Å²) in [5, 5.41) is 5.34. The maximum atomic E-state index is 12.3. The molecule has 0 saturated heterocycles. The van der Waals surface area contributed by atoms with E-state index in [1.807, 2.05) is 61.5 Å². The largest absolute Gasteiger partial charge is 0.493 e. The van der Waals surface area contributed by atoms with E-state index in [1.54, 1.807) is 6.20 Å². The molecule has 5 nitrogen and oxygen atoms in total. The minimum absolute atomic E-state index is 0.257. The molecule has 0 atom stereocenters. The molecular weight excluding hydrogens is 406 g/mol. The third-order valence-corrected chi connectivity index (χ3v) is 5.64. The van der Waals surface area contributed by atoms with Crippen LogP contribution in [0.3, 0.4) is 0 Å². The Morgan fingerprint density at radius 3 is 2.90 bits per heavy atom. The van der Waals surface area contributed by atoms with Crippen molar-refractivity contribution in [3.8, 4) is 5.75 Å². The number of benzene rings is 2. The van der Waals surface area contributed by atoms with E-state index in [4.69, 9.17) is 16.3 Å². The molecule has 3 aromatic rings. The standard InChI is InChI=1S/C22H18ClN3O2S/c1-2-28-19-9-10-24-18-8-7-14(11-16(18)19)12-20-21(27)26-22(29-20)25-13-15-5-3-4-6-17(15)23/h3-12H,2,13H2,1H3,(H,25,26,27)/b20-12-. The molecule has 2 aromatic carbocycles. The van der Waals surface area contributed by atoms with Gasteiger partial charge in [-0.05, 0) is 60.2 Å². The number of nitrogens with zero attached hydrogens (tertiary/aromatic N) is 2. The lowest BCUT2D eigenvalue weighted by Gasteiger charge is -2.08. The van der Waals surface area contributed by atoms with Crippen molar-refractivity contribution >= 4 is 51.4 Å². The number of nitrogens with one attached hydrogen (secondary N) is 1. The van der Waals surface area contributed by atoms with Gasteiger partial charge in [0.15, 0.2) is 5.17 Å². The van der Waals surface area contributed by atoms with Gasteiger partial charge in [-0.1, -0.05) is 35.9 Å². The van der Waals surface area contributed by atoms with Crippen LogP contribution < -0.4 is 10.1 Å². The van der Waals surface area contributed by atoms with E-state index < -0.39 is 0 Å². The van der Waals surface area contributed by atoms with Crippen LogP contribution >= 0.6 is 23.4 Å². The number of hydrogen-bond donors (Lipinski definition) is 1. The Labute approximate surface area is 177 Å². The molecule has 0 spiro atoms. The first-order valence-corrected chi connectivity index (χ1v) is 10.3. The van der Waals surface area contributed by atoms with Crippen LogP contribution in [0.15, 0.2) is 64.6 Å². The zero-order valence-corrected chi connectivity index (χ0v) is 17.3. The van der Waals surface area contributed by atoms with E-state index in [0.29, 0.717) is 28.2 Å². The van der Waals surface area contributed by atoms with Crippen molar-refractivity contribution in [2.45, 2.75) is 13.5 Å². The van der Waals surface area contributed by atoms with Crippen molar-refractivity contribution < 1.29 is 9.53 Å². The Balaban J connectivity index is 1.51. The van der Waals surface area contributed by atoms with Crippen LogP contribution in [-0.2, 0) is 11.3 Å². The molecule has 146 valence electrons. The fourth-order valence-corrected chi connectivity index (χ4v) is 3.97. The molecule has 0 bridgehead atoms. The van der Waals surface area contributed by atoms with Crippen LogP contribution in [0.2, 0.25) is 5.02 Å². The molecular formula is C22H18ClN3O2S. The summed E-state index contributed by atoms with van der Waals surface area (Å²) >= 11 is 7.50. The Bertz CT molecular complexity index is 1140. The zero-order valence-electron chi connectivity index (χ0n) is 15.7. The summed E-state index contributed by atoms with van der Waals surface area (Å²) in [6.45, 7) is 3.03. The number of carbonyl (C=O) groups excluding carboxylic acids is 1. The van der Waals surface area contributed by atoms with Crippen molar-refractivity contribution in [2.24, 2.45) is 4.99 Å². The van der Waals surface area contributed by atoms with Crippen LogP contribution in [0.4, 0.5) is 0 Å². The van der Waals surface area contributed by atoms with Crippen LogP contribution in [0.25, 0.3) is 17.0 Å². The number of halogens is 1. The quantitative estimate of drug-likeness (QED) is 0.582. The van der Waals surface area contributed by atoms with E-state index in [1.165, 1.54) is 11.8 Å². The molecule has 1 amide bonds. The minimum Gasteiger partial charge on any atom is -0.493 e. The summed E-state index contributed by atoms with van der Waals surface area (Å²) < 4.78 is 5.69. The monoisotopic (exact) mass is 423 g/mol. The highest BCUT2D eigenvalue weighted by Gasteiger charge is 2.22. The first-order chi connectivity index (χ1) is 14.1. The molecule has 1 aliphatic rings. The molecule has 0 saturated carbocycles. The lowest BCUT2D eigenvalue weighted by Crippen LogP contribution is -2.18. The molecule has 1 N–H and O–H groups in total. The summed E-state index contributed by atoms with van der Waals surface area (Å²) in [6, 6.07) is 15.3. The maximum Gasteiger partial charge on any atom is 0.286 e. The number of thioether (sulfide) groups is 1.